The summed E-state index contributed by atoms with van der Waals surface area (Å²) in [4.78, 5) is 22.7. The summed E-state index contributed by atoms with van der Waals surface area (Å²) in [6, 6.07) is 5.76. The number of carbonyl (C=O) groups is 2. The lowest BCUT2D eigenvalue weighted by atomic mass is 10.0. The molecule has 0 aromatic heterocycles. The number of aliphatic carboxylic acids is 1. The number of benzene rings is 1. The molecule has 2 amide bonds. The number of anilines is 1. The summed E-state index contributed by atoms with van der Waals surface area (Å²) < 4.78 is 0. The molecule has 1 rings (SSSR count). The van der Waals surface area contributed by atoms with Crippen molar-refractivity contribution in [1.29, 1.82) is 0 Å². The van der Waals surface area contributed by atoms with Gasteiger partial charge in [-0.05, 0) is 30.9 Å². The van der Waals surface area contributed by atoms with Crippen molar-refractivity contribution in [2.75, 3.05) is 5.32 Å². The molecule has 0 aliphatic heterocycles. The SMILES string of the molecule is Cc1ccccc1NC(=O)N[C@@H](CC(C)C)C(=O)[O-]. The molecule has 19 heavy (non-hydrogen) atoms. The van der Waals surface area contributed by atoms with Gasteiger partial charge in [-0.25, -0.2) is 4.79 Å². The number of carboxylic acid groups (broad SMARTS) is 1. The normalized spacial score (nSPS) is 12.0. The van der Waals surface area contributed by atoms with Gasteiger partial charge in [-0.1, -0.05) is 32.0 Å². The summed E-state index contributed by atoms with van der Waals surface area (Å²) in [5.41, 5.74) is 1.56. The molecule has 5 nitrogen and oxygen atoms in total. The van der Waals surface area contributed by atoms with Crippen LogP contribution in [0.1, 0.15) is 25.8 Å². The Morgan fingerprint density at radius 3 is 2.42 bits per heavy atom. The lowest BCUT2D eigenvalue weighted by Gasteiger charge is -2.22. The zero-order chi connectivity index (χ0) is 14.4. The average molecular weight is 263 g/mol. The van der Waals surface area contributed by atoms with Gasteiger partial charge in [0.15, 0.2) is 0 Å². The fourth-order valence-electron chi connectivity index (χ4n) is 1.72. The molecule has 0 heterocycles. The Hall–Kier alpha value is -2.04. The van der Waals surface area contributed by atoms with Crippen LogP contribution in [-0.2, 0) is 4.79 Å². The largest absolute Gasteiger partial charge is 0.548 e. The van der Waals surface area contributed by atoms with Crippen LogP contribution in [-0.4, -0.2) is 18.0 Å². The molecule has 0 aliphatic rings. The van der Waals surface area contributed by atoms with Crippen molar-refractivity contribution < 1.29 is 14.7 Å². The Balaban J connectivity index is 2.63. The van der Waals surface area contributed by atoms with E-state index in [2.05, 4.69) is 10.6 Å². The van der Waals surface area contributed by atoms with Crippen LogP contribution in [0.15, 0.2) is 24.3 Å². The predicted octanol–water partition coefficient (Wildman–Crippen LogP) is 1.28. The highest BCUT2D eigenvalue weighted by atomic mass is 16.4. The van der Waals surface area contributed by atoms with Gasteiger partial charge in [0.25, 0.3) is 0 Å². The smallest absolute Gasteiger partial charge is 0.319 e. The van der Waals surface area contributed by atoms with E-state index in [-0.39, 0.29) is 5.92 Å². The first kappa shape index (κ1) is 15.0. The Kier molecular flexibility index (Phi) is 5.36. The molecule has 104 valence electrons. The highest BCUT2D eigenvalue weighted by Crippen LogP contribution is 2.13. The molecule has 1 aromatic carbocycles. The third kappa shape index (κ3) is 4.99. The molecule has 0 saturated heterocycles. The molecular formula is C14H19N2O3-. The molecule has 1 aromatic rings. The molecule has 0 bridgehead atoms. The monoisotopic (exact) mass is 263 g/mol. The minimum atomic E-state index is -1.27. The Morgan fingerprint density at radius 2 is 1.89 bits per heavy atom. The number of carbonyl (C=O) groups excluding carboxylic acids is 2. The van der Waals surface area contributed by atoms with E-state index < -0.39 is 18.0 Å². The molecule has 5 heteroatoms. The molecular weight excluding hydrogens is 244 g/mol. The van der Waals surface area contributed by atoms with Crippen LogP contribution in [0.4, 0.5) is 10.5 Å². The van der Waals surface area contributed by atoms with Gasteiger partial charge in [-0.3, -0.25) is 0 Å². The van der Waals surface area contributed by atoms with Gasteiger partial charge in [-0.2, -0.15) is 0 Å². The number of hydrogen-bond donors (Lipinski definition) is 2. The van der Waals surface area contributed by atoms with Crippen molar-refractivity contribution in [3.05, 3.63) is 29.8 Å². The second-order valence-corrected chi connectivity index (χ2v) is 4.91. The third-order valence-corrected chi connectivity index (χ3v) is 2.69. The van der Waals surface area contributed by atoms with E-state index in [9.17, 15) is 14.7 Å². The number of urea groups is 1. The van der Waals surface area contributed by atoms with Gasteiger partial charge >= 0.3 is 6.03 Å². The van der Waals surface area contributed by atoms with Gasteiger partial charge in [0.2, 0.25) is 0 Å². The van der Waals surface area contributed by atoms with E-state index in [1.165, 1.54) is 0 Å². The maximum absolute atomic E-state index is 11.7. The van der Waals surface area contributed by atoms with E-state index in [1.807, 2.05) is 32.9 Å². The first-order chi connectivity index (χ1) is 8.90. The van der Waals surface area contributed by atoms with Crippen LogP contribution in [0.2, 0.25) is 0 Å². The third-order valence-electron chi connectivity index (χ3n) is 2.69. The van der Waals surface area contributed by atoms with Crippen LogP contribution in [0, 0.1) is 12.8 Å². The van der Waals surface area contributed by atoms with Gasteiger partial charge in [0.05, 0.1) is 12.0 Å². The number of amides is 2. The van der Waals surface area contributed by atoms with Crippen molar-refractivity contribution in [3.63, 3.8) is 0 Å². The summed E-state index contributed by atoms with van der Waals surface area (Å²) in [5.74, 6) is -1.12. The molecule has 0 aliphatic carbocycles. The fourth-order valence-corrected chi connectivity index (χ4v) is 1.72. The van der Waals surface area contributed by atoms with Crippen molar-refractivity contribution in [2.45, 2.75) is 33.2 Å². The Labute approximate surface area is 113 Å². The molecule has 0 radical (unpaired) electrons. The van der Waals surface area contributed by atoms with Gasteiger partial charge in [0, 0.05) is 5.69 Å². The number of para-hydroxylation sites is 1. The van der Waals surface area contributed by atoms with E-state index in [0.717, 1.165) is 5.56 Å². The zero-order valence-corrected chi connectivity index (χ0v) is 11.4. The quantitative estimate of drug-likeness (QED) is 0.839. The van der Waals surface area contributed by atoms with Crippen molar-refractivity contribution in [2.24, 2.45) is 5.92 Å². The van der Waals surface area contributed by atoms with Crippen molar-refractivity contribution >= 4 is 17.7 Å². The topological polar surface area (TPSA) is 81.3 Å². The summed E-state index contributed by atoms with van der Waals surface area (Å²) in [6.07, 6.45) is 0.337. The van der Waals surface area contributed by atoms with E-state index >= 15 is 0 Å². The van der Waals surface area contributed by atoms with Gasteiger partial charge in [0.1, 0.15) is 0 Å². The summed E-state index contributed by atoms with van der Waals surface area (Å²) in [6.45, 7) is 5.63. The maximum Gasteiger partial charge on any atom is 0.319 e. The zero-order valence-electron chi connectivity index (χ0n) is 11.4. The van der Waals surface area contributed by atoms with E-state index in [4.69, 9.17) is 0 Å². The van der Waals surface area contributed by atoms with Crippen LogP contribution in [0.5, 0.6) is 0 Å². The highest BCUT2D eigenvalue weighted by molar-refractivity contribution is 5.92. The van der Waals surface area contributed by atoms with Crippen molar-refractivity contribution in [1.82, 2.24) is 5.32 Å². The minimum Gasteiger partial charge on any atom is -0.548 e. The number of nitrogens with one attached hydrogen (secondary N) is 2. The molecule has 0 saturated carbocycles. The number of rotatable bonds is 5. The first-order valence-electron chi connectivity index (χ1n) is 6.24. The standard InChI is InChI=1S/C14H20N2O3/c1-9(2)8-12(13(17)18)16-14(19)15-11-7-5-4-6-10(11)3/h4-7,9,12H,8H2,1-3H3,(H,17,18)(H2,15,16,19)/p-1/t12-/m0/s1. The second-order valence-electron chi connectivity index (χ2n) is 4.91. The Bertz CT molecular complexity index is 458. The fraction of sp³-hybridized carbons (Fsp3) is 0.429. The first-order valence-corrected chi connectivity index (χ1v) is 6.24. The van der Waals surface area contributed by atoms with Crippen LogP contribution < -0.4 is 15.7 Å². The second kappa shape index (κ2) is 6.78. The van der Waals surface area contributed by atoms with Crippen LogP contribution in [0.25, 0.3) is 0 Å². The summed E-state index contributed by atoms with van der Waals surface area (Å²) >= 11 is 0. The molecule has 1 atom stereocenters. The minimum absolute atomic E-state index is 0.154. The highest BCUT2D eigenvalue weighted by Gasteiger charge is 2.15. The molecule has 0 spiro atoms. The Morgan fingerprint density at radius 1 is 1.26 bits per heavy atom. The molecule has 0 unspecified atom stereocenters. The van der Waals surface area contributed by atoms with E-state index in [1.54, 1.807) is 12.1 Å². The van der Waals surface area contributed by atoms with Gasteiger partial charge in [-0.15, -0.1) is 0 Å². The number of aryl methyl sites for hydroxylation is 1. The summed E-state index contributed by atoms with van der Waals surface area (Å²) in [5, 5.41) is 16.0. The molecule has 0 fully saturated rings. The lowest BCUT2D eigenvalue weighted by molar-refractivity contribution is -0.308. The maximum atomic E-state index is 11.7. The summed E-state index contributed by atoms with van der Waals surface area (Å²) in [7, 11) is 0. The lowest BCUT2D eigenvalue weighted by Crippen LogP contribution is -2.49. The predicted molar refractivity (Wildman–Crippen MR) is 71.6 cm³/mol. The average Bonchev–Trinajstić information content (AvgIpc) is 2.30. The van der Waals surface area contributed by atoms with Crippen LogP contribution in [0.3, 0.4) is 0 Å². The number of carboxylic acids is 1. The van der Waals surface area contributed by atoms with Crippen molar-refractivity contribution in [3.8, 4) is 0 Å². The van der Waals surface area contributed by atoms with Gasteiger partial charge < -0.3 is 20.5 Å². The van der Waals surface area contributed by atoms with E-state index in [0.29, 0.717) is 12.1 Å². The van der Waals surface area contributed by atoms with Crippen LogP contribution >= 0.6 is 0 Å². The molecule has 2 N–H and O–H groups in total. The number of hydrogen-bond acceptors (Lipinski definition) is 3.